The van der Waals surface area contributed by atoms with Crippen molar-refractivity contribution in [2.75, 3.05) is 31.1 Å². The van der Waals surface area contributed by atoms with Gasteiger partial charge in [0.1, 0.15) is 5.82 Å². The monoisotopic (exact) mass is 352 g/mol. The number of amides is 1. The van der Waals surface area contributed by atoms with Crippen LogP contribution in [0.5, 0.6) is 0 Å². The summed E-state index contributed by atoms with van der Waals surface area (Å²) in [4.78, 5) is 27.6. The van der Waals surface area contributed by atoms with Crippen molar-refractivity contribution in [3.63, 3.8) is 0 Å². The number of nitrogens with one attached hydrogen (secondary N) is 2. The predicted octanol–water partition coefficient (Wildman–Crippen LogP) is 0.942. The molecule has 2 N–H and O–H groups in total. The number of hydrogen-bond acceptors (Lipinski definition) is 6. The number of aromatic nitrogens is 3. The largest absolute Gasteiger partial charge is 0.354 e. The first-order valence-corrected chi connectivity index (χ1v) is 9.23. The van der Waals surface area contributed by atoms with E-state index in [-0.39, 0.29) is 11.9 Å². The second-order valence-corrected chi connectivity index (χ2v) is 6.91. The van der Waals surface area contributed by atoms with Gasteiger partial charge in [0.25, 0.3) is 0 Å². The van der Waals surface area contributed by atoms with Gasteiger partial charge in [-0.25, -0.2) is 9.97 Å². The molecule has 7 nitrogen and oxygen atoms in total. The smallest absolute Gasteiger partial charge is 0.217 e. The van der Waals surface area contributed by atoms with Crippen molar-refractivity contribution in [1.82, 2.24) is 25.6 Å². The number of hydrogen-bond donors (Lipinski definition) is 2. The summed E-state index contributed by atoms with van der Waals surface area (Å²) in [6.45, 7) is 5.16. The summed E-state index contributed by atoms with van der Waals surface area (Å²) >= 11 is 0. The van der Waals surface area contributed by atoms with Crippen molar-refractivity contribution in [2.45, 2.75) is 32.2 Å². The molecule has 1 amide bonds. The molecule has 0 aliphatic carbocycles. The quantitative estimate of drug-likeness (QED) is 0.856. The van der Waals surface area contributed by atoms with E-state index < -0.39 is 0 Å². The van der Waals surface area contributed by atoms with Crippen LogP contribution in [0.4, 0.5) is 5.82 Å². The summed E-state index contributed by atoms with van der Waals surface area (Å²) in [6.07, 6.45) is 6.33. The Morgan fingerprint density at radius 3 is 2.85 bits per heavy atom. The van der Waals surface area contributed by atoms with E-state index in [1.165, 1.54) is 5.56 Å². The van der Waals surface area contributed by atoms with Gasteiger partial charge in [0, 0.05) is 62.5 Å². The van der Waals surface area contributed by atoms with Crippen LogP contribution in [0, 0.1) is 0 Å². The topological polar surface area (TPSA) is 83.0 Å². The van der Waals surface area contributed by atoms with E-state index in [4.69, 9.17) is 9.97 Å². The third-order valence-electron chi connectivity index (χ3n) is 4.99. The lowest BCUT2D eigenvalue weighted by Crippen LogP contribution is -2.36. The molecule has 0 spiro atoms. The van der Waals surface area contributed by atoms with Crippen LogP contribution in [-0.2, 0) is 17.6 Å². The summed E-state index contributed by atoms with van der Waals surface area (Å²) in [5.41, 5.74) is 3.37. The zero-order valence-electron chi connectivity index (χ0n) is 15.0. The molecule has 0 radical (unpaired) electrons. The van der Waals surface area contributed by atoms with E-state index >= 15 is 0 Å². The lowest BCUT2D eigenvalue weighted by molar-refractivity contribution is -0.119. The van der Waals surface area contributed by atoms with E-state index in [1.807, 2.05) is 12.1 Å². The molecule has 0 bridgehead atoms. The lowest BCUT2D eigenvalue weighted by Gasteiger charge is -2.23. The predicted molar refractivity (Wildman–Crippen MR) is 100.0 cm³/mol. The van der Waals surface area contributed by atoms with Crippen molar-refractivity contribution < 1.29 is 4.79 Å². The molecule has 26 heavy (non-hydrogen) atoms. The first-order chi connectivity index (χ1) is 12.7. The molecule has 136 valence electrons. The van der Waals surface area contributed by atoms with E-state index in [0.717, 1.165) is 68.3 Å². The van der Waals surface area contributed by atoms with Gasteiger partial charge in [0.05, 0.1) is 5.69 Å². The average Bonchev–Trinajstić information content (AvgIpc) is 2.96. The maximum atomic E-state index is 11.4. The van der Waals surface area contributed by atoms with Gasteiger partial charge in [-0.05, 0) is 31.5 Å². The Labute approximate surface area is 153 Å². The first-order valence-electron chi connectivity index (χ1n) is 9.23. The third-order valence-corrected chi connectivity index (χ3v) is 4.99. The van der Waals surface area contributed by atoms with Crippen molar-refractivity contribution >= 4 is 11.7 Å². The molecular weight excluding hydrogens is 328 g/mol. The zero-order chi connectivity index (χ0) is 17.9. The van der Waals surface area contributed by atoms with Gasteiger partial charge in [0.2, 0.25) is 5.91 Å². The normalized spacial score (nSPS) is 19.7. The van der Waals surface area contributed by atoms with Gasteiger partial charge in [-0.3, -0.25) is 9.78 Å². The molecular formula is C19H24N6O. The summed E-state index contributed by atoms with van der Waals surface area (Å²) in [6, 6.07) is 4.08. The minimum absolute atomic E-state index is 0.0278. The summed E-state index contributed by atoms with van der Waals surface area (Å²) in [5, 5.41) is 6.49. The van der Waals surface area contributed by atoms with Gasteiger partial charge >= 0.3 is 0 Å². The van der Waals surface area contributed by atoms with Crippen LogP contribution in [0.1, 0.15) is 24.6 Å². The number of rotatable bonds is 3. The Bertz CT molecular complexity index is 794. The van der Waals surface area contributed by atoms with E-state index in [1.54, 1.807) is 19.3 Å². The van der Waals surface area contributed by atoms with Crippen LogP contribution in [0.3, 0.4) is 0 Å². The van der Waals surface area contributed by atoms with E-state index in [0.29, 0.717) is 0 Å². The fourth-order valence-electron chi connectivity index (χ4n) is 3.77. The highest BCUT2D eigenvalue weighted by molar-refractivity contribution is 5.73. The van der Waals surface area contributed by atoms with Gasteiger partial charge in [-0.15, -0.1) is 0 Å². The molecule has 0 aromatic carbocycles. The van der Waals surface area contributed by atoms with Gasteiger partial charge in [-0.1, -0.05) is 0 Å². The van der Waals surface area contributed by atoms with Crippen LogP contribution in [0.25, 0.3) is 11.4 Å². The third kappa shape index (κ3) is 3.53. The molecule has 0 saturated carbocycles. The minimum Gasteiger partial charge on any atom is -0.354 e. The Balaban J connectivity index is 1.71. The maximum Gasteiger partial charge on any atom is 0.217 e. The van der Waals surface area contributed by atoms with Crippen molar-refractivity contribution in [3.8, 4) is 11.4 Å². The van der Waals surface area contributed by atoms with E-state index in [2.05, 4.69) is 20.5 Å². The van der Waals surface area contributed by atoms with E-state index in [9.17, 15) is 4.79 Å². The highest BCUT2D eigenvalue weighted by atomic mass is 16.1. The van der Waals surface area contributed by atoms with Crippen molar-refractivity contribution in [2.24, 2.45) is 0 Å². The number of anilines is 1. The fraction of sp³-hybridized carbons (Fsp3) is 0.474. The summed E-state index contributed by atoms with van der Waals surface area (Å²) in [5.74, 6) is 1.81. The molecule has 4 heterocycles. The Morgan fingerprint density at radius 2 is 2.04 bits per heavy atom. The average molecular weight is 352 g/mol. The Kier molecular flexibility index (Phi) is 4.79. The standard InChI is InChI=1S/C19H24N6O/c1-13(26)22-15-6-11-25(12-15)19-16-4-9-21-10-5-17(16)23-18(24-19)14-2-7-20-8-3-14/h2-3,7-8,15,21H,4-6,9-12H2,1H3,(H,22,26)/t15-/m1/s1. The molecule has 1 saturated heterocycles. The number of carbonyl (C=O) groups is 1. The highest BCUT2D eigenvalue weighted by Gasteiger charge is 2.28. The molecule has 7 heteroatoms. The number of carbonyl (C=O) groups excluding carboxylic acids is 1. The molecule has 2 aromatic heterocycles. The van der Waals surface area contributed by atoms with Crippen LogP contribution >= 0.6 is 0 Å². The van der Waals surface area contributed by atoms with Crippen LogP contribution in [0.2, 0.25) is 0 Å². The van der Waals surface area contributed by atoms with Crippen LogP contribution < -0.4 is 15.5 Å². The molecule has 4 rings (SSSR count). The molecule has 1 atom stereocenters. The fourth-order valence-corrected chi connectivity index (χ4v) is 3.77. The minimum atomic E-state index is 0.0278. The highest BCUT2D eigenvalue weighted by Crippen LogP contribution is 2.29. The molecule has 2 aromatic rings. The van der Waals surface area contributed by atoms with Gasteiger partial charge in [-0.2, -0.15) is 0 Å². The molecule has 2 aliphatic heterocycles. The number of fused-ring (bicyclic) bond motifs is 1. The molecule has 0 unspecified atom stereocenters. The van der Waals surface area contributed by atoms with Gasteiger partial charge in [0.15, 0.2) is 5.82 Å². The Hall–Kier alpha value is -2.54. The first kappa shape index (κ1) is 16.9. The van der Waals surface area contributed by atoms with Crippen molar-refractivity contribution in [1.29, 1.82) is 0 Å². The zero-order valence-corrected chi connectivity index (χ0v) is 15.0. The number of nitrogens with zero attached hydrogens (tertiary/aromatic N) is 4. The second-order valence-electron chi connectivity index (χ2n) is 6.91. The lowest BCUT2D eigenvalue weighted by atomic mass is 10.1. The SMILES string of the molecule is CC(=O)N[C@@H]1CCN(c2nc(-c3ccncc3)nc3c2CCNCC3)C1. The van der Waals surface area contributed by atoms with Crippen molar-refractivity contribution in [3.05, 3.63) is 35.8 Å². The summed E-state index contributed by atoms with van der Waals surface area (Å²) in [7, 11) is 0. The summed E-state index contributed by atoms with van der Waals surface area (Å²) < 4.78 is 0. The van der Waals surface area contributed by atoms with Crippen LogP contribution in [0.15, 0.2) is 24.5 Å². The molecule has 2 aliphatic rings. The van der Waals surface area contributed by atoms with Crippen LogP contribution in [-0.4, -0.2) is 53.1 Å². The number of pyridine rings is 1. The second kappa shape index (κ2) is 7.37. The van der Waals surface area contributed by atoms with Gasteiger partial charge < -0.3 is 15.5 Å². The molecule has 1 fully saturated rings. The maximum absolute atomic E-state index is 11.4. The Morgan fingerprint density at radius 1 is 1.23 bits per heavy atom.